The molecule has 0 atom stereocenters. The molecule has 1 aromatic rings. The zero-order valence-electron chi connectivity index (χ0n) is 10.9. The Morgan fingerprint density at radius 3 is 2.68 bits per heavy atom. The first-order valence-electron chi connectivity index (χ1n) is 6.32. The number of primary amides is 1. The summed E-state index contributed by atoms with van der Waals surface area (Å²) in [6.07, 6.45) is 5.45. The minimum absolute atomic E-state index is 0.476. The lowest BCUT2D eigenvalue weighted by Crippen LogP contribution is -2.32. The predicted molar refractivity (Wildman–Crippen MR) is 72.7 cm³/mol. The second-order valence-electron chi connectivity index (χ2n) is 4.89. The fourth-order valence-electron chi connectivity index (χ4n) is 2.64. The lowest BCUT2D eigenvalue weighted by molar-refractivity contribution is 0.255. The Labute approximate surface area is 112 Å². The Hall–Kier alpha value is -2.13. The van der Waals surface area contributed by atoms with Crippen molar-refractivity contribution in [2.75, 3.05) is 11.9 Å². The van der Waals surface area contributed by atoms with Gasteiger partial charge in [-0.1, -0.05) is 25.0 Å². The summed E-state index contributed by atoms with van der Waals surface area (Å²) in [4.78, 5) is 27.3. The summed E-state index contributed by atoms with van der Waals surface area (Å²) < 4.78 is 0. The Balaban J connectivity index is 2.42. The van der Waals surface area contributed by atoms with Crippen molar-refractivity contribution in [2.24, 2.45) is 10.7 Å². The number of carbonyl (C=O) groups is 1. The van der Waals surface area contributed by atoms with Crippen LogP contribution in [-0.2, 0) is 10.3 Å². The number of hydrogen-bond donors (Lipinski definition) is 1. The third kappa shape index (κ3) is 2.51. The second kappa shape index (κ2) is 5.24. The maximum Gasteiger partial charge on any atom is 0.318 e. The smallest absolute Gasteiger partial charge is 0.318 e. The molecule has 0 heterocycles. The van der Waals surface area contributed by atoms with Crippen LogP contribution in [0.1, 0.15) is 31.2 Å². The third-order valence-electron chi connectivity index (χ3n) is 3.79. The lowest BCUT2D eigenvalue weighted by atomic mass is 9.88. The van der Waals surface area contributed by atoms with Crippen LogP contribution < -0.4 is 10.6 Å². The summed E-state index contributed by atoms with van der Waals surface area (Å²) in [7, 11) is 1.62. The Morgan fingerprint density at radius 2 is 2.11 bits per heavy atom. The standard InChI is InChI=1S/C14H17N3O2/c1-17(13(15)19)12-6-4-5-11(9-12)14(16-10-18)7-2-3-8-14/h4-6,9H,2-3,7-8H2,1H3,(H2,15,19). The fraction of sp³-hybridized carbons (Fsp3) is 0.429. The summed E-state index contributed by atoms with van der Waals surface area (Å²) in [5, 5.41) is 0. The molecule has 1 saturated carbocycles. The molecule has 0 unspecified atom stereocenters. The van der Waals surface area contributed by atoms with Crippen molar-refractivity contribution < 1.29 is 9.59 Å². The molecule has 0 saturated heterocycles. The molecule has 1 fully saturated rings. The van der Waals surface area contributed by atoms with E-state index in [9.17, 15) is 9.59 Å². The van der Waals surface area contributed by atoms with Gasteiger partial charge in [-0.25, -0.2) is 9.59 Å². The highest BCUT2D eigenvalue weighted by molar-refractivity contribution is 5.90. The summed E-state index contributed by atoms with van der Waals surface area (Å²) in [6, 6.07) is 6.95. The average molecular weight is 259 g/mol. The third-order valence-corrected chi connectivity index (χ3v) is 3.79. The van der Waals surface area contributed by atoms with Crippen LogP contribution in [0.3, 0.4) is 0 Å². The largest absolute Gasteiger partial charge is 0.351 e. The molecule has 19 heavy (non-hydrogen) atoms. The highest BCUT2D eigenvalue weighted by Gasteiger charge is 2.35. The van der Waals surface area contributed by atoms with Crippen molar-refractivity contribution in [2.45, 2.75) is 31.2 Å². The molecule has 0 aliphatic heterocycles. The van der Waals surface area contributed by atoms with Gasteiger partial charge in [0.05, 0.1) is 5.54 Å². The van der Waals surface area contributed by atoms with Gasteiger partial charge in [-0.05, 0) is 30.5 Å². The first-order chi connectivity index (χ1) is 9.09. The van der Waals surface area contributed by atoms with Gasteiger partial charge < -0.3 is 5.73 Å². The number of anilines is 1. The zero-order chi connectivity index (χ0) is 13.9. The van der Waals surface area contributed by atoms with Gasteiger partial charge in [-0.3, -0.25) is 4.90 Å². The van der Waals surface area contributed by atoms with E-state index < -0.39 is 11.6 Å². The highest BCUT2D eigenvalue weighted by Crippen LogP contribution is 2.42. The number of urea groups is 1. The molecule has 5 nitrogen and oxygen atoms in total. The van der Waals surface area contributed by atoms with Crippen LogP contribution in [0.5, 0.6) is 0 Å². The van der Waals surface area contributed by atoms with E-state index in [2.05, 4.69) is 4.99 Å². The summed E-state index contributed by atoms with van der Waals surface area (Å²) >= 11 is 0. The Morgan fingerprint density at radius 1 is 1.42 bits per heavy atom. The van der Waals surface area contributed by atoms with Crippen molar-refractivity contribution >= 4 is 17.8 Å². The molecule has 2 amide bonds. The number of isocyanates is 1. The van der Waals surface area contributed by atoms with E-state index in [1.165, 1.54) is 4.90 Å². The highest BCUT2D eigenvalue weighted by atomic mass is 16.2. The Kier molecular flexibility index (Phi) is 3.67. The van der Waals surface area contributed by atoms with E-state index in [-0.39, 0.29) is 0 Å². The van der Waals surface area contributed by atoms with Crippen LogP contribution in [0.2, 0.25) is 0 Å². The molecule has 1 aliphatic carbocycles. The molecule has 0 bridgehead atoms. The number of aliphatic imine (C=N–C) groups is 1. The van der Waals surface area contributed by atoms with Gasteiger partial charge in [0, 0.05) is 12.7 Å². The number of rotatable bonds is 3. The van der Waals surface area contributed by atoms with Crippen molar-refractivity contribution in [3.05, 3.63) is 29.8 Å². The second-order valence-corrected chi connectivity index (χ2v) is 4.89. The molecular formula is C14H17N3O2. The lowest BCUT2D eigenvalue weighted by Gasteiger charge is -2.24. The van der Waals surface area contributed by atoms with Crippen LogP contribution in [0.15, 0.2) is 29.3 Å². The topological polar surface area (TPSA) is 75.8 Å². The number of hydrogen-bond acceptors (Lipinski definition) is 3. The van der Waals surface area contributed by atoms with E-state index >= 15 is 0 Å². The van der Waals surface area contributed by atoms with Gasteiger partial charge >= 0.3 is 6.03 Å². The van der Waals surface area contributed by atoms with Gasteiger partial charge in [0.25, 0.3) is 0 Å². The number of amides is 2. The molecule has 5 heteroatoms. The summed E-state index contributed by atoms with van der Waals surface area (Å²) in [6.45, 7) is 0. The number of carbonyl (C=O) groups excluding carboxylic acids is 2. The molecule has 0 radical (unpaired) electrons. The molecule has 1 aromatic carbocycles. The summed E-state index contributed by atoms with van der Waals surface area (Å²) in [5.74, 6) is 0. The average Bonchev–Trinajstić information content (AvgIpc) is 2.88. The van der Waals surface area contributed by atoms with Gasteiger partial charge in [-0.15, -0.1) is 0 Å². The van der Waals surface area contributed by atoms with E-state index in [1.54, 1.807) is 13.1 Å². The predicted octanol–water partition coefficient (Wildman–Crippen LogP) is 2.31. The van der Waals surface area contributed by atoms with Gasteiger partial charge in [0.1, 0.15) is 0 Å². The monoisotopic (exact) mass is 259 g/mol. The summed E-state index contributed by atoms with van der Waals surface area (Å²) in [5.41, 5.74) is 6.44. The van der Waals surface area contributed by atoms with E-state index in [0.29, 0.717) is 5.69 Å². The SMILES string of the molecule is CN(C(N)=O)c1cccc(C2(N=C=O)CCCC2)c1. The molecule has 0 aromatic heterocycles. The van der Waals surface area contributed by atoms with Crippen LogP contribution >= 0.6 is 0 Å². The van der Waals surface area contributed by atoms with E-state index in [1.807, 2.05) is 24.3 Å². The van der Waals surface area contributed by atoms with Gasteiger partial charge in [-0.2, -0.15) is 4.99 Å². The fourth-order valence-corrected chi connectivity index (χ4v) is 2.64. The van der Waals surface area contributed by atoms with E-state index in [4.69, 9.17) is 5.73 Å². The quantitative estimate of drug-likeness (QED) is 0.668. The maximum atomic E-state index is 11.2. The number of nitrogens with zero attached hydrogens (tertiary/aromatic N) is 2. The van der Waals surface area contributed by atoms with Gasteiger partial charge in [0.15, 0.2) is 0 Å². The molecule has 0 spiro atoms. The first kappa shape index (κ1) is 13.3. The Bertz CT molecular complexity index is 529. The van der Waals surface area contributed by atoms with Gasteiger partial charge in [0.2, 0.25) is 6.08 Å². The zero-order valence-corrected chi connectivity index (χ0v) is 10.9. The minimum atomic E-state index is -0.517. The first-order valence-corrected chi connectivity index (χ1v) is 6.32. The molecular weight excluding hydrogens is 242 g/mol. The van der Waals surface area contributed by atoms with Crippen molar-refractivity contribution in [1.82, 2.24) is 0 Å². The van der Waals surface area contributed by atoms with Crippen molar-refractivity contribution in [3.63, 3.8) is 0 Å². The number of nitrogens with two attached hydrogens (primary N) is 1. The minimum Gasteiger partial charge on any atom is -0.351 e. The normalized spacial score (nSPS) is 16.7. The van der Waals surface area contributed by atoms with Crippen LogP contribution in [0.25, 0.3) is 0 Å². The number of benzene rings is 1. The van der Waals surface area contributed by atoms with Crippen LogP contribution in [-0.4, -0.2) is 19.2 Å². The molecule has 2 rings (SSSR count). The van der Waals surface area contributed by atoms with Crippen LogP contribution in [0.4, 0.5) is 10.5 Å². The molecule has 1 aliphatic rings. The van der Waals surface area contributed by atoms with Crippen molar-refractivity contribution in [3.8, 4) is 0 Å². The van der Waals surface area contributed by atoms with Crippen LogP contribution in [0, 0.1) is 0 Å². The molecule has 100 valence electrons. The molecule has 2 N–H and O–H groups in total. The van der Waals surface area contributed by atoms with Crippen molar-refractivity contribution in [1.29, 1.82) is 0 Å². The van der Waals surface area contributed by atoms with E-state index in [0.717, 1.165) is 31.2 Å². The maximum absolute atomic E-state index is 11.2.